The lowest BCUT2D eigenvalue weighted by atomic mass is 10.1. The monoisotopic (exact) mass is 272 g/mol. The summed E-state index contributed by atoms with van der Waals surface area (Å²) >= 11 is 0. The third-order valence-corrected chi connectivity index (χ3v) is 2.94. The molecule has 0 spiro atoms. The average molecular weight is 272 g/mol. The molecule has 96 valence electrons. The standard InChI is InChI=1S/C13H4N8/c14-1-6-4-18-11-7(2-15)9-10(20-5-19-9)8(3-16)12(11)21-13(6)17/h4-5H,(H2,17,21). The van der Waals surface area contributed by atoms with Crippen LogP contribution >= 0.6 is 0 Å². The van der Waals surface area contributed by atoms with Crippen LogP contribution in [0, 0.1) is 34.0 Å². The third-order valence-electron chi connectivity index (χ3n) is 2.94. The van der Waals surface area contributed by atoms with E-state index in [1.807, 2.05) is 18.2 Å². The Bertz CT molecular complexity index is 1030. The summed E-state index contributed by atoms with van der Waals surface area (Å²) in [5.74, 6) is -0.0701. The molecule has 0 amide bonds. The van der Waals surface area contributed by atoms with Gasteiger partial charge in [0.1, 0.15) is 69.1 Å². The second kappa shape index (κ2) is 4.37. The number of nitriles is 3. The Morgan fingerprint density at radius 1 is 0.810 bits per heavy atom. The van der Waals surface area contributed by atoms with Crippen LogP contribution in [-0.2, 0) is 0 Å². The van der Waals surface area contributed by atoms with Crippen LogP contribution in [0.1, 0.15) is 16.7 Å². The first-order valence-corrected chi connectivity index (χ1v) is 5.64. The van der Waals surface area contributed by atoms with Crippen molar-refractivity contribution >= 4 is 27.9 Å². The molecule has 0 aliphatic heterocycles. The van der Waals surface area contributed by atoms with Crippen LogP contribution in [0.5, 0.6) is 0 Å². The first kappa shape index (κ1) is 12.2. The highest BCUT2D eigenvalue weighted by atomic mass is 14.9. The summed E-state index contributed by atoms with van der Waals surface area (Å²) in [5.41, 5.74) is 6.86. The van der Waals surface area contributed by atoms with Crippen molar-refractivity contribution in [3.63, 3.8) is 0 Å². The molecule has 0 unspecified atom stereocenters. The van der Waals surface area contributed by atoms with Gasteiger partial charge in [-0.2, -0.15) is 15.8 Å². The van der Waals surface area contributed by atoms with Gasteiger partial charge >= 0.3 is 0 Å². The predicted molar refractivity (Wildman–Crippen MR) is 71.2 cm³/mol. The van der Waals surface area contributed by atoms with Gasteiger partial charge in [0, 0.05) is 6.20 Å². The number of nitrogens with two attached hydrogens (primary N) is 1. The van der Waals surface area contributed by atoms with Gasteiger partial charge in [0.2, 0.25) is 0 Å². The van der Waals surface area contributed by atoms with Gasteiger partial charge in [0.25, 0.3) is 0 Å². The molecule has 3 aromatic rings. The molecular weight excluding hydrogens is 268 g/mol. The lowest BCUT2D eigenvalue weighted by molar-refractivity contribution is 1.34. The lowest BCUT2D eigenvalue weighted by Crippen LogP contribution is -1.94. The fourth-order valence-electron chi connectivity index (χ4n) is 2.00. The van der Waals surface area contributed by atoms with Crippen molar-refractivity contribution in [1.29, 1.82) is 15.8 Å². The number of anilines is 1. The summed E-state index contributed by atoms with van der Waals surface area (Å²) in [6.45, 7) is 0. The highest BCUT2D eigenvalue weighted by molar-refractivity contribution is 6.03. The number of nitrogen functional groups attached to an aromatic ring is 1. The summed E-state index contributed by atoms with van der Waals surface area (Å²) in [6.07, 6.45) is 2.48. The molecule has 0 aliphatic carbocycles. The van der Waals surface area contributed by atoms with Crippen molar-refractivity contribution in [3.8, 4) is 18.2 Å². The minimum Gasteiger partial charge on any atom is -0.383 e. The lowest BCUT2D eigenvalue weighted by Gasteiger charge is -1.99. The van der Waals surface area contributed by atoms with E-state index in [2.05, 4.69) is 19.9 Å². The van der Waals surface area contributed by atoms with Gasteiger partial charge in [-0.15, -0.1) is 0 Å². The second-order valence-corrected chi connectivity index (χ2v) is 4.02. The third kappa shape index (κ3) is 1.59. The molecule has 0 saturated heterocycles. The molecule has 0 aliphatic rings. The van der Waals surface area contributed by atoms with Crippen LogP contribution in [0.4, 0.5) is 5.82 Å². The SMILES string of the molecule is N#Cc1cnc2c(C#N)c3ncnc3c(C#N)c2nc1N. The number of aromatic nitrogens is 4. The molecule has 8 nitrogen and oxygen atoms in total. The van der Waals surface area contributed by atoms with E-state index < -0.39 is 0 Å². The van der Waals surface area contributed by atoms with Crippen molar-refractivity contribution in [3.05, 3.63) is 29.2 Å². The quantitative estimate of drug-likeness (QED) is 0.630. The molecular formula is C13H4N8. The summed E-state index contributed by atoms with van der Waals surface area (Å²) in [7, 11) is 0. The molecule has 2 aromatic heterocycles. The number of nitrogens with zero attached hydrogens (tertiary/aromatic N) is 7. The van der Waals surface area contributed by atoms with Crippen molar-refractivity contribution < 1.29 is 0 Å². The van der Waals surface area contributed by atoms with Gasteiger partial charge in [-0.05, 0) is 0 Å². The van der Waals surface area contributed by atoms with Crippen LogP contribution in [-0.4, -0.2) is 19.9 Å². The highest BCUT2D eigenvalue weighted by Crippen LogP contribution is 2.28. The fraction of sp³-hybridized carbons (Fsp3) is 0. The first-order chi connectivity index (χ1) is 10.2. The minimum atomic E-state index is -0.0701. The molecule has 0 radical (unpaired) electrons. The fourth-order valence-corrected chi connectivity index (χ4v) is 2.00. The van der Waals surface area contributed by atoms with E-state index in [1.54, 1.807) is 0 Å². The molecule has 2 heterocycles. The van der Waals surface area contributed by atoms with Crippen LogP contribution in [0.2, 0.25) is 0 Å². The normalized spacial score (nSPS) is 9.95. The zero-order chi connectivity index (χ0) is 15.0. The Hall–Kier alpha value is -3.83. The smallest absolute Gasteiger partial charge is 0.143 e. The highest BCUT2D eigenvalue weighted by Gasteiger charge is 2.18. The molecule has 8 heteroatoms. The van der Waals surface area contributed by atoms with E-state index in [1.165, 1.54) is 12.5 Å². The first-order valence-electron chi connectivity index (χ1n) is 5.64. The Morgan fingerprint density at radius 3 is 1.95 bits per heavy atom. The van der Waals surface area contributed by atoms with E-state index in [9.17, 15) is 10.5 Å². The van der Waals surface area contributed by atoms with E-state index in [0.29, 0.717) is 0 Å². The van der Waals surface area contributed by atoms with Crippen molar-refractivity contribution in [1.82, 2.24) is 19.9 Å². The van der Waals surface area contributed by atoms with Crippen LogP contribution in [0.25, 0.3) is 22.1 Å². The second-order valence-electron chi connectivity index (χ2n) is 4.02. The van der Waals surface area contributed by atoms with Crippen molar-refractivity contribution in [2.45, 2.75) is 0 Å². The van der Waals surface area contributed by atoms with Gasteiger partial charge in [0.05, 0.1) is 0 Å². The number of fused-ring (bicyclic) bond motifs is 2. The summed E-state index contributed by atoms with van der Waals surface area (Å²) in [5, 5.41) is 27.6. The van der Waals surface area contributed by atoms with Crippen LogP contribution < -0.4 is 5.73 Å². The average Bonchev–Trinajstić information content (AvgIpc) is 2.89. The number of rotatable bonds is 0. The zero-order valence-corrected chi connectivity index (χ0v) is 10.4. The van der Waals surface area contributed by atoms with Gasteiger partial charge in [-0.1, -0.05) is 0 Å². The van der Waals surface area contributed by atoms with Gasteiger partial charge < -0.3 is 5.73 Å². The van der Waals surface area contributed by atoms with Gasteiger partial charge in [-0.3, -0.25) is 4.98 Å². The molecule has 2 N–H and O–H groups in total. The van der Waals surface area contributed by atoms with Gasteiger partial charge in [-0.25, -0.2) is 15.0 Å². The van der Waals surface area contributed by atoms with E-state index in [0.717, 1.165) is 0 Å². The maximum atomic E-state index is 9.34. The Labute approximate surface area is 117 Å². The van der Waals surface area contributed by atoms with Gasteiger partial charge in [0.15, 0.2) is 0 Å². The number of hydrogen-bond acceptors (Lipinski definition) is 8. The number of imidazole rings is 1. The molecule has 0 fully saturated rings. The Morgan fingerprint density at radius 2 is 1.38 bits per heavy atom. The van der Waals surface area contributed by atoms with E-state index >= 15 is 0 Å². The van der Waals surface area contributed by atoms with Crippen LogP contribution in [0.15, 0.2) is 12.5 Å². The Balaban J connectivity index is 2.71. The largest absolute Gasteiger partial charge is 0.383 e. The molecule has 0 atom stereocenters. The predicted octanol–water partition coefficient (Wildman–Crippen LogP) is 0.770. The number of hydrogen-bond donors (Lipinski definition) is 1. The summed E-state index contributed by atoms with van der Waals surface area (Å²) < 4.78 is 0. The summed E-state index contributed by atoms with van der Waals surface area (Å²) in [4.78, 5) is 16.1. The zero-order valence-electron chi connectivity index (χ0n) is 10.4. The molecule has 21 heavy (non-hydrogen) atoms. The maximum absolute atomic E-state index is 9.34. The van der Waals surface area contributed by atoms with E-state index in [4.69, 9.17) is 11.0 Å². The topological polar surface area (TPSA) is 149 Å². The summed E-state index contributed by atoms with van der Waals surface area (Å²) in [6, 6.07) is 5.81. The Kier molecular flexibility index (Phi) is 2.54. The maximum Gasteiger partial charge on any atom is 0.143 e. The molecule has 3 rings (SSSR count). The van der Waals surface area contributed by atoms with Crippen molar-refractivity contribution in [2.75, 3.05) is 5.73 Å². The molecule has 0 bridgehead atoms. The molecule has 1 aromatic carbocycles. The molecule has 0 saturated carbocycles. The van der Waals surface area contributed by atoms with E-state index in [-0.39, 0.29) is 44.6 Å². The van der Waals surface area contributed by atoms with Crippen molar-refractivity contribution in [2.24, 2.45) is 0 Å². The van der Waals surface area contributed by atoms with Crippen LogP contribution in [0.3, 0.4) is 0 Å². The number of benzene rings is 1. The minimum absolute atomic E-state index is 0.0552.